The van der Waals surface area contributed by atoms with Gasteiger partial charge in [0, 0.05) is 0 Å². The van der Waals surface area contributed by atoms with Crippen LogP contribution >= 0.6 is 11.6 Å². The van der Waals surface area contributed by atoms with Crippen LogP contribution in [0.2, 0.25) is 5.02 Å². The summed E-state index contributed by atoms with van der Waals surface area (Å²) in [6.45, 7) is 2.79. The number of amides is 1. The Hall–Kier alpha value is -2.54. The molecule has 0 radical (unpaired) electrons. The lowest BCUT2D eigenvalue weighted by Crippen LogP contribution is -2.34. The average Bonchev–Trinajstić information content (AvgIpc) is 3.54. The first-order valence-corrected chi connectivity index (χ1v) is 10.8. The van der Waals surface area contributed by atoms with Crippen LogP contribution in [0.4, 0.5) is 18.9 Å². The summed E-state index contributed by atoms with van der Waals surface area (Å²) in [5, 5.41) is 12.0. The zero-order chi connectivity index (χ0) is 23.6. The summed E-state index contributed by atoms with van der Waals surface area (Å²) in [5.74, 6) is -5.13. The molecule has 0 heterocycles. The van der Waals surface area contributed by atoms with Crippen LogP contribution in [0.25, 0.3) is 0 Å². The van der Waals surface area contributed by atoms with Crippen molar-refractivity contribution in [3.8, 4) is 0 Å². The van der Waals surface area contributed by atoms with Gasteiger partial charge in [0.1, 0.15) is 0 Å². The third-order valence-corrected chi connectivity index (χ3v) is 6.33. The molecule has 1 aliphatic rings. The largest absolute Gasteiger partial charge is 0.481 e. The van der Waals surface area contributed by atoms with Crippen molar-refractivity contribution < 1.29 is 27.9 Å². The fourth-order valence-corrected chi connectivity index (χ4v) is 4.12. The van der Waals surface area contributed by atoms with Gasteiger partial charge in [-0.05, 0) is 54.9 Å². The number of alkyl halides is 3. The first kappa shape index (κ1) is 24.1. The van der Waals surface area contributed by atoms with Crippen molar-refractivity contribution in [2.75, 3.05) is 5.32 Å². The summed E-state index contributed by atoms with van der Waals surface area (Å²) in [6.07, 6.45) is -2.80. The Morgan fingerprint density at radius 1 is 1.12 bits per heavy atom. The van der Waals surface area contributed by atoms with E-state index in [0.29, 0.717) is 5.56 Å². The fraction of sp³-hybridized carbons (Fsp3) is 0.417. The highest BCUT2D eigenvalue weighted by molar-refractivity contribution is 6.33. The Morgan fingerprint density at radius 3 is 2.25 bits per heavy atom. The number of carbonyl (C=O) groups excluding carboxylic acids is 1. The number of anilines is 1. The molecular weight excluding hydrogens is 443 g/mol. The highest BCUT2D eigenvalue weighted by Crippen LogP contribution is 2.46. The van der Waals surface area contributed by atoms with Crippen molar-refractivity contribution in [3.63, 3.8) is 0 Å². The molecular formula is C24H25ClF3NO3. The first-order chi connectivity index (χ1) is 15.0. The lowest BCUT2D eigenvalue weighted by Gasteiger charge is -2.26. The predicted octanol–water partition coefficient (Wildman–Crippen LogP) is 6.54. The Labute approximate surface area is 189 Å². The van der Waals surface area contributed by atoms with Gasteiger partial charge in [-0.2, -0.15) is 13.2 Å². The summed E-state index contributed by atoms with van der Waals surface area (Å²) in [5.41, 5.74) is 2.00. The van der Waals surface area contributed by atoms with E-state index in [1.807, 2.05) is 6.92 Å². The molecule has 0 saturated heterocycles. The number of carboxylic acids is 1. The maximum Gasteiger partial charge on any atom is 0.392 e. The van der Waals surface area contributed by atoms with Gasteiger partial charge in [-0.15, -0.1) is 0 Å². The minimum atomic E-state index is -4.57. The third-order valence-electron chi connectivity index (χ3n) is 6.00. The maximum atomic E-state index is 13.6. The molecule has 1 aliphatic carbocycles. The van der Waals surface area contributed by atoms with Gasteiger partial charge in [0.05, 0.1) is 29.0 Å². The summed E-state index contributed by atoms with van der Waals surface area (Å²) in [6, 6.07) is 11.2. The monoisotopic (exact) mass is 467 g/mol. The molecule has 0 spiro atoms. The van der Waals surface area contributed by atoms with Crippen molar-refractivity contribution >= 4 is 29.2 Å². The van der Waals surface area contributed by atoms with E-state index in [2.05, 4.69) is 5.32 Å². The Balaban J connectivity index is 1.91. The minimum Gasteiger partial charge on any atom is -0.481 e. The SMILES string of the molecule is Cc1ccc([C@@H](C(=O)Nc2cc(C(CC(=O)O)C3CC3)ccc2Cl)[C@@H](C)C(F)(F)F)cc1. The van der Waals surface area contributed by atoms with Gasteiger partial charge >= 0.3 is 12.1 Å². The topological polar surface area (TPSA) is 66.4 Å². The van der Waals surface area contributed by atoms with Gasteiger partial charge in [0.25, 0.3) is 0 Å². The quantitative estimate of drug-likeness (QED) is 0.463. The Bertz CT molecular complexity index is 987. The van der Waals surface area contributed by atoms with E-state index < -0.39 is 29.9 Å². The molecule has 0 bridgehead atoms. The minimum absolute atomic E-state index is 0.0587. The van der Waals surface area contributed by atoms with E-state index in [4.69, 9.17) is 11.6 Å². The number of carbonyl (C=O) groups is 2. The van der Waals surface area contributed by atoms with Gasteiger partial charge in [-0.25, -0.2) is 0 Å². The summed E-state index contributed by atoms with van der Waals surface area (Å²) in [7, 11) is 0. The van der Waals surface area contributed by atoms with E-state index >= 15 is 0 Å². The smallest absolute Gasteiger partial charge is 0.392 e. The molecule has 1 saturated carbocycles. The molecule has 4 nitrogen and oxygen atoms in total. The second-order valence-corrected chi connectivity index (χ2v) is 8.90. The molecule has 2 aromatic rings. The molecule has 1 unspecified atom stereocenters. The van der Waals surface area contributed by atoms with Crippen molar-refractivity contribution in [2.24, 2.45) is 11.8 Å². The number of hydrogen-bond donors (Lipinski definition) is 2. The average molecular weight is 468 g/mol. The number of aliphatic carboxylic acids is 1. The normalized spacial score (nSPS) is 16.8. The number of benzene rings is 2. The highest BCUT2D eigenvalue weighted by Gasteiger charge is 2.45. The van der Waals surface area contributed by atoms with Crippen molar-refractivity contribution in [1.82, 2.24) is 0 Å². The summed E-state index contributed by atoms with van der Waals surface area (Å²) < 4.78 is 40.7. The van der Waals surface area contributed by atoms with Gasteiger partial charge in [0.2, 0.25) is 5.91 Å². The molecule has 8 heteroatoms. The van der Waals surface area contributed by atoms with Gasteiger partial charge in [0.15, 0.2) is 0 Å². The second kappa shape index (κ2) is 9.53. The van der Waals surface area contributed by atoms with Crippen LogP contribution in [0.15, 0.2) is 42.5 Å². The molecule has 0 aliphatic heterocycles. The number of nitrogens with one attached hydrogen (secondary N) is 1. The summed E-state index contributed by atoms with van der Waals surface area (Å²) >= 11 is 6.23. The van der Waals surface area contributed by atoms with Crippen molar-refractivity contribution in [2.45, 2.75) is 51.1 Å². The Morgan fingerprint density at radius 2 is 1.72 bits per heavy atom. The molecule has 0 aromatic heterocycles. The third kappa shape index (κ3) is 5.82. The predicted molar refractivity (Wildman–Crippen MR) is 117 cm³/mol. The summed E-state index contributed by atoms with van der Waals surface area (Å²) in [4.78, 5) is 24.4. The molecule has 1 fully saturated rings. The van der Waals surface area contributed by atoms with Crippen LogP contribution in [0.1, 0.15) is 54.7 Å². The highest BCUT2D eigenvalue weighted by atomic mass is 35.5. The van der Waals surface area contributed by atoms with Gasteiger partial charge in [-0.3, -0.25) is 9.59 Å². The van der Waals surface area contributed by atoms with Crippen LogP contribution in [-0.4, -0.2) is 23.2 Å². The molecule has 2 aromatic carbocycles. The Kier molecular flexibility index (Phi) is 7.18. The van der Waals surface area contributed by atoms with E-state index in [0.717, 1.165) is 25.3 Å². The van der Waals surface area contributed by atoms with Gasteiger partial charge in [-0.1, -0.05) is 54.4 Å². The van der Waals surface area contributed by atoms with E-state index in [-0.39, 0.29) is 34.5 Å². The van der Waals surface area contributed by atoms with Crippen LogP contribution in [0.5, 0.6) is 0 Å². The van der Waals surface area contributed by atoms with E-state index in [1.54, 1.807) is 24.3 Å². The van der Waals surface area contributed by atoms with Crippen molar-refractivity contribution in [1.29, 1.82) is 0 Å². The maximum absolute atomic E-state index is 13.6. The molecule has 32 heavy (non-hydrogen) atoms. The number of aryl methyl sites for hydroxylation is 1. The number of hydrogen-bond acceptors (Lipinski definition) is 2. The van der Waals surface area contributed by atoms with Crippen LogP contribution < -0.4 is 5.32 Å². The standard InChI is InChI=1S/C24H25ClF3NO3/c1-13-3-5-16(6-4-13)22(14(2)24(26,27)28)23(32)29-20-11-17(9-10-19(20)25)18(12-21(30)31)15-7-8-15/h3-6,9-11,14-15,18,22H,7-8,12H2,1-2H3,(H,29,32)(H,30,31)/t14-,18?,22+/m1/s1. The number of rotatable bonds is 8. The van der Waals surface area contributed by atoms with Crippen molar-refractivity contribution in [3.05, 3.63) is 64.2 Å². The number of halogens is 4. The molecule has 172 valence electrons. The van der Waals surface area contributed by atoms with Gasteiger partial charge < -0.3 is 10.4 Å². The van der Waals surface area contributed by atoms with Crippen LogP contribution in [0, 0.1) is 18.8 Å². The molecule has 2 N–H and O–H groups in total. The van der Waals surface area contributed by atoms with E-state index in [1.165, 1.54) is 18.2 Å². The fourth-order valence-electron chi connectivity index (χ4n) is 3.95. The van der Waals surface area contributed by atoms with E-state index in [9.17, 15) is 27.9 Å². The first-order valence-electron chi connectivity index (χ1n) is 10.4. The molecule has 1 amide bonds. The second-order valence-electron chi connectivity index (χ2n) is 8.49. The zero-order valence-corrected chi connectivity index (χ0v) is 18.5. The van der Waals surface area contributed by atoms with Crippen LogP contribution in [-0.2, 0) is 9.59 Å². The van der Waals surface area contributed by atoms with Crippen LogP contribution in [0.3, 0.4) is 0 Å². The zero-order valence-electron chi connectivity index (χ0n) is 17.7. The lowest BCUT2D eigenvalue weighted by molar-refractivity contribution is -0.178. The molecule has 3 rings (SSSR count). The molecule has 3 atom stereocenters. The lowest BCUT2D eigenvalue weighted by atomic mass is 9.85. The number of carboxylic acid groups (broad SMARTS) is 1.